The first-order valence-corrected chi connectivity index (χ1v) is 8.70. The number of methoxy groups -OCH3 is 2. The van der Waals surface area contributed by atoms with Gasteiger partial charge in [-0.15, -0.1) is 0 Å². The lowest BCUT2D eigenvalue weighted by molar-refractivity contribution is -0.121. The quantitative estimate of drug-likeness (QED) is 0.742. The van der Waals surface area contributed by atoms with Gasteiger partial charge < -0.3 is 19.9 Å². The van der Waals surface area contributed by atoms with E-state index in [1.54, 1.807) is 38.5 Å². The maximum Gasteiger partial charge on any atom is 0.335 e. The number of carbonyl (C=O) groups excluding carboxylic acids is 1. The van der Waals surface area contributed by atoms with Gasteiger partial charge >= 0.3 is 5.97 Å². The number of carbonyl (C=O) groups is 2. The van der Waals surface area contributed by atoms with Crippen molar-refractivity contribution in [3.8, 4) is 11.5 Å². The van der Waals surface area contributed by atoms with Crippen molar-refractivity contribution in [3.63, 3.8) is 0 Å². The van der Waals surface area contributed by atoms with E-state index in [2.05, 4.69) is 5.32 Å². The van der Waals surface area contributed by atoms with Crippen LogP contribution >= 0.6 is 0 Å². The molecule has 1 unspecified atom stereocenters. The van der Waals surface area contributed by atoms with Gasteiger partial charge in [-0.1, -0.05) is 18.2 Å². The molecule has 0 saturated heterocycles. The lowest BCUT2D eigenvalue weighted by Crippen LogP contribution is -2.27. The molecule has 6 nitrogen and oxygen atoms in total. The molecule has 0 saturated carbocycles. The minimum absolute atomic E-state index is 0.142. The predicted molar refractivity (Wildman–Crippen MR) is 103 cm³/mol. The Morgan fingerprint density at radius 3 is 2.37 bits per heavy atom. The summed E-state index contributed by atoms with van der Waals surface area (Å²) in [6.07, 6.45) is 0.576. The molecule has 6 heteroatoms. The van der Waals surface area contributed by atoms with Gasteiger partial charge in [0.2, 0.25) is 5.91 Å². The summed E-state index contributed by atoms with van der Waals surface area (Å²) in [7, 11) is 3.15. The lowest BCUT2D eigenvalue weighted by atomic mass is 10.0. The molecule has 0 fully saturated rings. The van der Waals surface area contributed by atoms with Gasteiger partial charge in [-0.3, -0.25) is 4.79 Å². The SMILES string of the molecule is COc1cc(C)c(C(C)NC(=O)CCc2ccccc2C(=O)O)cc1OC. The van der Waals surface area contributed by atoms with Gasteiger partial charge in [0, 0.05) is 6.42 Å². The zero-order valence-electron chi connectivity index (χ0n) is 16.0. The number of benzene rings is 2. The number of hydrogen-bond acceptors (Lipinski definition) is 4. The average molecular weight is 371 g/mol. The summed E-state index contributed by atoms with van der Waals surface area (Å²) in [5.74, 6) is 0.120. The third-order valence-electron chi connectivity index (χ3n) is 4.49. The van der Waals surface area contributed by atoms with Gasteiger partial charge in [-0.05, 0) is 55.2 Å². The molecule has 1 atom stereocenters. The molecule has 0 heterocycles. The summed E-state index contributed by atoms with van der Waals surface area (Å²) in [5, 5.41) is 12.2. The fourth-order valence-corrected chi connectivity index (χ4v) is 3.05. The van der Waals surface area contributed by atoms with E-state index < -0.39 is 5.97 Å². The number of hydrogen-bond donors (Lipinski definition) is 2. The third kappa shape index (κ3) is 5.00. The van der Waals surface area contributed by atoms with Gasteiger partial charge in [-0.25, -0.2) is 4.79 Å². The highest BCUT2D eigenvalue weighted by Crippen LogP contribution is 2.32. The minimum atomic E-state index is -0.986. The van der Waals surface area contributed by atoms with Crippen LogP contribution in [0.1, 0.15) is 46.4 Å². The molecule has 0 bridgehead atoms. The molecule has 0 aromatic heterocycles. The zero-order valence-corrected chi connectivity index (χ0v) is 16.0. The van der Waals surface area contributed by atoms with Gasteiger partial charge in [0.05, 0.1) is 25.8 Å². The summed E-state index contributed by atoms with van der Waals surface area (Å²) in [6.45, 7) is 3.85. The molecule has 27 heavy (non-hydrogen) atoms. The molecule has 0 aliphatic heterocycles. The van der Waals surface area contributed by atoms with E-state index in [1.165, 1.54) is 0 Å². The van der Waals surface area contributed by atoms with Crippen molar-refractivity contribution in [2.24, 2.45) is 0 Å². The average Bonchev–Trinajstić information content (AvgIpc) is 2.65. The zero-order chi connectivity index (χ0) is 20.0. The van der Waals surface area contributed by atoms with Crippen LogP contribution in [0.5, 0.6) is 11.5 Å². The van der Waals surface area contributed by atoms with Crippen LogP contribution in [-0.2, 0) is 11.2 Å². The summed E-state index contributed by atoms with van der Waals surface area (Å²) in [4.78, 5) is 23.6. The fourth-order valence-electron chi connectivity index (χ4n) is 3.05. The van der Waals surface area contributed by atoms with Crippen LogP contribution in [0.4, 0.5) is 0 Å². The summed E-state index contributed by atoms with van der Waals surface area (Å²) < 4.78 is 10.6. The van der Waals surface area contributed by atoms with Gasteiger partial charge in [0.25, 0.3) is 0 Å². The second-order valence-electron chi connectivity index (χ2n) is 6.32. The number of rotatable bonds is 8. The number of carboxylic acids is 1. The molecular weight excluding hydrogens is 346 g/mol. The van der Waals surface area contributed by atoms with E-state index >= 15 is 0 Å². The van der Waals surface area contributed by atoms with Gasteiger partial charge in [0.1, 0.15) is 0 Å². The number of amides is 1. The molecule has 0 aliphatic rings. The number of nitrogens with one attached hydrogen (secondary N) is 1. The van der Waals surface area contributed by atoms with Crippen LogP contribution in [0.15, 0.2) is 36.4 Å². The van der Waals surface area contributed by atoms with Gasteiger partial charge in [-0.2, -0.15) is 0 Å². The van der Waals surface area contributed by atoms with Crippen LogP contribution in [0.25, 0.3) is 0 Å². The van der Waals surface area contributed by atoms with Crippen LogP contribution in [0, 0.1) is 6.92 Å². The number of aryl methyl sites for hydroxylation is 2. The standard InChI is InChI=1S/C21H25NO5/c1-13-11-18(26-3)19(27-4)12-17(13)14(2)22-20(23)10-9-15-7-5-6-8-16(15)21(24)25/h5-8,11-12,14H,9-10H2,1-4H3,(H,22,23)(H,24,25). The van der Waals surface area contributed by atoms with Crippen molar-refractivity contribution in [3.05, 3.63) is 58.7 Å². The number of ether oxygens (including phenoxy) is 2. The Bertz CT molecular complexity index is 831. The normalized spacial score (nSPS) is 11.6. The highest BCUT2D eigenvalue weighted by molar-refractivity contribution is 5.89. The van der Waals surface area contributed by atoms with Crippen molar-refractivity contribution in [2.75, 3.05) is 14.2 Å². The van der Waals surface area contributed by atoms with Crippen molar-refractivity contribution in [2.45, 2.75) is 32.7 Å². The minimum Gasteiger partial charge on any atom is -0.493 e. The second kappa shape index (κ2) is 9.07. The van der Waals surface area contributed by atoms with E-state index in [4.69, 9.17) is 9.47 Å². The maximum atomic E-state index is 12.4. The second-order valence-corrected chi connectivity index (χ2v) is 6.32. The van der Waals surface area contributed by atoms with E-state index in [9.17, 15) is 14.7 Å². The van der Waals surface area contributed by atoms with E-state index in [0.717, 1.165) is 11.1 Å². The first-order chi connectivity index (χ1) is 12.9. The molecule has 2 aromatic carbocycles. The van der Waals surface area contributed by atoms with Crippen molar-refractivity contribution in [1.29, 1.82) is 0 Å². The highest BCUT2D eigenvalue weighted by Gasteiger charge is 2.16. The van der Waals surface area contributed by atoms with Crippen LogP contribution in [0.3, 0.4) is 0 Å². The largest absolute Gasteiger partial charge is 0.493 e. The molecule has 144 valence electrons. The van der Waals surface area contributed by atoms with Crippen LogP contribution in [-0.4, -0.2) is 31.2 Å². The number of carboxylic acid groups (broad SMARTS) is 1. The topological polar surface area (TPSA) is 84.9 Å². The Kier molecular flexibility index (Phi) is 6.82. The predicted octanol–water partition coefficient (Wildman–Crippen LogP) is 3.52. The molecule has 2 rings (SSSR count). The van der Waals surface area contributed by atoms with E-state index in [0.29, 0.717) is 23.5 Å². The number of aromatic carboxylic acids is 1. The third-order valence-corrected chi connectivity index (χ3v) is 4.49. The lowest BCUT2D eigenvalue weighted by Gasteiger charge is -2.19. The monoisotopic (exact) mass is 371 g/mol. The molecular formula is C21H25NO5. The Labute approximate surface area is 159 Å². The molecule has 2 N–H and O–H groups in total. The summed E-state index contributed by atoms with van der Waals surface area (Å²) >= 11 is 0. The fraction of sp³-hybridized carbons (Fsp3) is 0.333. The molecule has 1 amide bonds. The smallest absolute Gasteiger partial charge is 0.335 e. The van der Waals surface area contributed by atoms with Crippen LogP contribution in [0.2, 0.25) is 0 Å². The molecule has 2 aromatic rings. The summed E-state index contributed by atoms with van der Waals surface area (Å²) in [6, 6.07) is 10.2. The maximum absolute atomic E-state index is 12.4. The Morgan fingerprint density at radius 1 is 1.11 bits per heavy atom. The first-order valence-electron chi connectivity index (χ1n) is 8.70. The first kappa shape index (κ1) is 20.3. The van der Waals surface area contributed by atoms with Crippen molar-refractivity contribution < 1.29 is 24.2 Å². The Balaban J connectivity index is 2.05. The molecule has 0 spiro atoms. The van der Waals surface area contributed by atoms with Crippen LogP contribution < -0.4 is 14.8 Å². The van der Waals surface area contributed by atoms with Crippen molar-refractivity contribution in [1.82, 2.24) is 5.32 Å². The Morgan fingerprint density at radius 2 is 1.74 bits per heavy atom. The highest BCUT2D eigenvalue weighted by atomic mass is 16.5. The van der Waals surface area contributed by atoms with Crippen molar-refractivity contribution >= 4 is 11.9 Å². The molecule has 0 radical (unpaired) electrons. The van der Waals surface area contributed by atoms with E-state index in [-0.39, 0.29) is 23.9 Å². The molecule has 0 aliphatic carbocycles. The van der Waals surface area contributed by atoms with Gasteiger partial charge in [0.15, 0.2) is 11.5 Å². The Hall–Kier alpha value is -3.02. The summed E-state index contributed by atoms with van der Waals surface area (Å²) in [5.41, 5.74) is 2.80. The van der Waals surface area contributed by atoms with E-state index in [1.807, 2.05) is 26.0 Å².